The van der Waals surface area contributed by atoms with Crippen LogP contribution < -0.4 is 9.47 Å². The minimum atomic E-state index is 0.190. The largest absolute Gasteiger partial charge is 0.495 e. The zero-order valence-electron chi connectivity index (χ0n) is 12.3. The lowest BCUT2D eigenvalue weighted by molar-refractivity contribution is 0.390. The smallest absolute Gasteiger partial charge is 0.146 e. The lowest BCUT2D eigenvalue weighted by atomic mass is 10.1. The SMILES string of the molecule is COc1ccc(-c2cc(Cl)nc(C(C)C)n2)c(OC)c1Br. The fourth-order valence-electron chi connectivity index (χ4n) is 1.93. The Morgan fingerprint density at radius 1 is 1.14 bits per heavy atom. The molecule has 0 aliphatic heterocycles. The van der Waals surface area contributed by atoms with E-state index >= 15 is 0 Å². The number of hydrogen-bond acceptors (Lipinski definition) is 4. The predicted octanol–water partition coefficient (Wildman–Crippen LogP) is 4.70. The molecule has 1 aromatic heterocycles. The van der Waals surface area contributed by atoms with Crippen molar-refractivity contribution in [1.82, 2.24) is 9.97 Å². The first-order valence-electron chi connectivity index (χ1n) is 6.43. The van der Waals surface area contributed by atoms with Crippen molar-refractivity contribution >= 4 is 27.5 Å². The number of rotatable bonds is 4. The van der Waals surface area contributed by atoms with Gasteiger partial charge in [-0.15, -0.1) is 0 Å². The molecule has 1 heterocycles. The second-order valence-corrected chi connectivity index (χ2v) is 5.93. The molecule has 2 aromatic rings. The number of nitrogens with zero attached hydrogens (tertiary/aromatic N) is 2. The summed E-state index contributed by atoms with van der Waals surface area (Å²) in [6.07, 6.45) is 0. The van der Waals surface area contributed by atoms with Crippen LogP contribution in [0.2, 0.25) is 5.15 Å². The van der Waals surface area contributed by atoms with Crippen LogP contribution in [0.15, 0.2) is 22.7 Å². The van der Waals surface area contributed by atoms with Crippen molar-refractivity contribution in [3.63, 3.8) is 0 Å². The normalized spacial score (nSPS) is 10.8. The summed E-state index contributed by atoms with van der Waals surface area (Å²) in [4.78, 5) is 8.82. The lowest BCUT2D eigenvalue weighted by Gasteiger charge is -2.14. The third kappa shape index (κ3) is 3.30. The Bertz CT molecular complexity index is 662. The van der Waals surface area contributed by atoms with Gasteiger partial charge in [-0.3, -0.25) is 0 Å². The van der Waals surface area contributed by atoms with E-state index in [1.165, 1.54) is 0 Å². The minimum Gasteiger partial charge on any atom is -0.495 e. The third-order valence-electron chi connectivity index (χ3n) is 2.99. The zero-order chi connectivity index (χ0) is 15.6. The highest BCUT2D eigenvalue weighted by Crippen LogP contribution is 2.41. The molecule has 1 aromatic carbocycles. The number of aromatic nitrogens is 2. The highest BCUT2D eigenvalue weighted by atomic mass is 79.9. The molecule has 0 fully saturated rings. The molecule has 0 amide bonds. The summed E-state index contributed by atoms with van der Waals surface area (Å²) in [5.41, 5.74) is 1.55. The molecule has 0 aliphatic rings. The van der Waals surface area contributed by atoms with Crippen molar-refractivity contribution in [1.29, 1.82) is 0 Å². The molecule has 112 valence electrons. The van der Waals surface area contributed by atoms with Crippen molar-refractivity contribution in [3.8, 4) is 22.8 Å². The van der Waals surface area contributed by atoms with Gasteiger partial charge >= 0.3 is 0 Å². The number of ether oxygens (including phenoxy) is 2. The Hall–Kier alpha value is -1.33. The van der Waals surface area contributed by atoms with E-state index in [1.54, 1.807) is 20.3 Å². The van der Waals surface area contributed by atoms with Gasteiger partial charge in [-0.05, 0) is 28.1 Å². The maximum atomic E-state index is 6.11. The minimum absolute atomic E-state index is 0.190. The van der Waals surface area contributed by atoms with E-state index in [1.807, 2.05) is 26.0 Å². The van der Waals surface area contributed by atoms with Crippen LogP contribution in [-0.4, -0.2) is 24.2 Å². The number of halogens is 2. The van der Waals surface area contributed by atoms with Crippen LogP contribution in [0.25, 0.3) is 11.3 Å². The molecular weight excluding hydrogens is 356 g/mol. The molecule has 0 N–H and O–H groups in total. The molecule has 0 atom stereocenters. The standard InChI is InChI=1S/C15H16BrClN2O2/c1-8(2)15-18-10(7-12(17)19-15)9-5-6-11(20-3)13(16)14(9)21-4/h5-8H,1-4H3. The van der Waals surface area contributed by atoms with Gasteiger partial charge in [0.1, 0.15) is 26.9 Å². The Morgan fingerprint density at radius 3 is 2.43 bits per heavy atom. The molecular formula is C15H16BrClN2O2. The zero-order valence-corrected chi connectivity index (χ0v) is 14.6. The summed E-state index contributed by atoms with van der Waals surface area (Å²) in [6, 6.07) is 5.47. The highest BCUT2D eigenvalue weighted by molar-refractivity contribution is 9.10. The van der Waals surface area contributed by atoms with Gasteiger partial charge in [0.15, 0.2) is 0 Å². The molecule has 4 nitrogen and oxygen atoms in total. The molecule has 0 radical (unpaired) electrons. The summed E-state index contributed by atoms with van der Waals surface area (Å²) in [7, 11) is 3.22. The van der Waals surface area contributed by atoms with Crippen LogP contribution >= 0.6 is 27.5 Å². The van der Waals surface area contributed by atoms with Crippen molar-refractivity contribution in [2.75, 3.05) is 14.2 Å². The second kappa shape index (κ2) is 6.62. The molecule has 0 spiro atoms. The molecule has 0 bridgehead atoms. The number of benzene rings is 1. The van der Waals surface area contributed by atoms with Gasteiger partial charge in [0.05, 0.1) is 19.9 Å². The van der Waals surface area contributed by atoms with Crippen LogP contribution in [-0.2, 0) is 0 Å². The van der Waals surface area contributed by atoms with Crippen molar-refractivity contribution in [2.24, 2.45) is 0 Å². The van der Waals surface area contributed by atoms with Gasteiger partial charge in [-0.2, -0.15) is 0 Å². The first kappa shape index (κ1) is 16.0. The van der Waals surface area contributed by atoms with E-state index in [-0.39, 0.29) is 5.92 Å². The molecule has 0 aliphatic carbocycles. The highest BCUT2D eigenvalue weighted by Gasteiger charge is 2.17. The maximum Gasteiger partial charge on any atom is 0.146 e. The average molecular weight is 372 g/mol. The molecule has 0 unspecified atom stereocenters. The summed E-state index contributed by atoms with van der Waals surface area (Å²) in [5, 5.41) is 0.415. The van der Waals surface area contributed by atoms with Crippen molar-refractivity contribution < 1.29 is 9.47 Å². The van der Waals surface area contributed by atoms with Crippen LogP contribution in [0, 0.1) is 0 Å². The molecule has 21 heavy (non-hydrogen) atoms. The Morgan fingerprint density at radius 2 is 1.86 bits per heavy atom. The molecule has 0 saturated heterocycles. The van der Waals surface area contributed by atoms with Crippen molar-refractivity contribution in [2.45, 2.75) is 19.8 Å². The quantitative estimate of drug-likeness (QED) is 0.731. The first-order chi connectivity index (χ1) is 9.97. The van der Waals surface area contributed by atoms with Crippen molar-refractivity contribution in [3.05, 3.63) is 33.6 Å². The van der Waals surface area contributed by atoms with E-state index in [0.29, 0.717) is 22.5 Å². The van der Waals surface area contributed by atoms with Crippen LogP contribution in [0.5, 0.6) is 11.5 Å². The Kier molecular flexibility index (Phi) is 5.06. The number of hydrogen-bond donors (Lipinski definition) is 0. The molecule has 0 saturated carbocycles. The topological polar surface area (TPSA) is 44.2 Å². The van der Waals surface area contributed by atoms with Crippen LogP contribution in [0.1, 0.15) is 25.6 Å². The summed E-state index contributed by atoms with van der Waals surface area (Å²) >= 11 is 9.60. The van der Waals surface area contributed by atoms with Gasteiger partial charge < -0.3 is 9.47 Å². The van der Waals surface area contributed by atoms with E-state index < -0.39 is 0 Å². The summed E-state index contributed by atoms with van der Waals surface area (Å²) < 4.78 is 11.5. The van der Waals surface area contributed by atoms with E-state index in [0.717, 1.165) is 15.7 Å². The van der Waals surface area contributed by atoms with E-state index in [2.05, 4.69) is 25.9 Å². The predicted molar refractivity (Wildman–Crippen MR) is 87.4 cm³/mol. The van der Waals surface area contributed by atoms with Gasteiger partial charge in [-0.25, -0.2) is 9.97 Å². The third-order valence-corrected chi connectivity index (χ3v) is 3.93. The van der Waals surface area contributed by atoms with Gasteiger partial charge in [0.25, 0.3) is 0 Å². The molecule has 2 rings (SSSR count). The molecule has 6 heteroatoms. The Labute approximate surface area is 137 Å². The maximum absolute atomic E-state index is 6.11. The first-order valence-corrected chi connectivity index (χ1v) is 7.60. The average Bonchev–Trinajstić information content (AvgIpc) is 2.46. The van der Waals surface area contributed by atoms with Gasteiger partial charge in [0, 0.05) is 17.5 Å². The number of methoxy groups -OCH3 is 2. The Balaban J connectivity index is 2.64. The summed E-state index contributed by atoms with van der Waals surface area (Å²) in [6.45, 7) is 4.05. The lowest BCUT2D eigenvalue weighted by Crippen LogP contribution is -2.01. The fraction of sp³-hybridized carbons (Fsp3) is 0.333. The van der Waals surface area contributed by atoms with Gasteiger partial charge in [0.2, 0.25) is 0 Å². The fourth-order valence-corrected chi connectivity index (χ4v) is 2.79. The van der Waals surface area contributed by atoms with Crippen LogP contribution in [0.4, 0.5) is 0 Å². The van der Waals surface area contributed by atoms with E-state index in [9.17, 15) is 0 Å². The van der Waals surface area contributed by atoms with Crippen LogP contribution in [0.3, 0.4) is 0 Å². The second-order valence-electron chi connectivity index (χ2n) is 4.75. The monoisotopic (exact) mass is 370 g/mol. The van der Waals surface area contributed by atoms with E-state index in [4.69, 9.17) is 21.1 Å². The van der Waals surface area contributed by atoms with Gasteiger partial charge in [-0.1, -0.05) is 25.4 Å². The summed E-state index contributed by atoms with van der Waals surface area (Å²) in [5.74, 6) is 2.24.